The van der Waals surface area contributed by atoms with E-state index in [1.165, 1.54) is 0 Å². The molecule has 1 saturated heterocycles. The van der Waals surface area contributed by atoms with Crippen molar-refractivity contribution < 1.29 is 5.11 Å². The highest BCUT2D eigenvalue weighted by molar-refractivity contribution is 5.50. The van der Waals surface area contributed by atoms with Crippen molar-refractivity contribution in [3.63, 3.8) is 0 Å². The van der Waals surface area contributed by atoms with Crippen LogP contribution in [0.25, 0.3) is 0 Å². The van der Waals surface area contributed by atoms with E-state index in [4.69, 9.17) is 10.1 Å². The van der Waals surface area contributed by atoms with E-state index in [2.05, 4.69) is 26.3 Å². The van der Waals surface area contributed by atoms with Gasteiger partial charge in [0.25, 0.3) is 0 Å². The lowest BCUT2D eigenvalue weighted by Gasteiger charge is -2.31. The van der Waals surface area contributed by atoms with E-state index in [0.717, 1.165) is 44.0 Å². The lowest BCUT2D eigenvalue weighted by Crippen LogP contribution is -2.35. The summed E-state index contributed by atoms with van der Waals surface area (Å²) in [5.41, 5.74) is 1.12. The van der Waals surface area contributed by atoms with Gasteiger partial charge >= 0.3 is 0 Å². The molecule has 0 saturated carbocycles. The van der Waals surface area contributed by atoms with Gasteiger partial charge in [-0.15, -0.1) is 0 Å². The van der Waals surface area contributed by atoms with Crippen molar-refractivity contribution in [3.05, 3.63) is 42.5 Å². The van der Waals surface area contributed by atoms with Crippen molar-refractivity contribution in [1.82, 2.24) is 19.9 Å². The van der Waals surface area contributed by atoms with Gasteiger partial charge in [-0.25, -0.2) is 9.97 Å². The number of aromatic nitrogens is 3. The molecule has 116 valence electrons. The Hall–Kier alpha value is -2.05. The number of nitrogens with zero attached hydrogens (tertiary/aromatic N) is 4. The van der Waals surface area contributed by atoms with Crippen molar-refractivity contribution in [2.45, 2.75) is 18.8 Å². The van der Waals surface area contributed by atoms with Gasteiger partial charge in [-0.3, -0.25) is 4.98 Å². The third kappa shape index (κ3) is 3.78. The maximum atomic E-state index is 9.00. The molecule has 22 heavy (non-hydrogen) atoms. The summed E-state index contributed by atoms with van der Waals surface area (Å²) in [4.78, 5) is 15.3. The minimum atomic E-state index is 0.237. The molecule has 0 bridgehead atoms. The molecule has 2 N–H and O–H groups in total. The molecule has 0 aromatic carbocycles. The van der Waals surface area contributed by atoms with Gasteiger partial charge in [0.1, 0.15) is 11.6 Å². The van der Waals surface area contributed by atoms with Crippen LogP contribution in [0.15, 0.2) is 36.8 Å². The van der Waals surface area contributed by atoms with E-state index in [0.29, 0.717) is 11.7 Å². The average molecular weight is 299 g/mol. The summed E-state index contributed by atoms with van der Waals surface area (Å²) in [5, 5.41) is 12.2. The van der Waals surface area contributed by atoms with Crippen molar-refractivity contribution in [2.24, 2.45) is 0 Å². The topological polar surface area (TPSA) is 74.2 Å². The molecule has 1 fully saturated rings. The smallest absolute Gasteiger partial charge is 0.150 e. The Labute approximate surface area is 130 Å². The molecule has 1 aliphatic heterocycles. The van der Waals surface area contributed by atoms with Crippen LogP contribution >= 0.6 is 0 Å². The van der Waals surface area contributed by atoms with Gasteiger partial charge < -0.3 is 15.3 Å². The Balaban J connectivity index is 1.64. The summed E-state index contributed by atoms with van der Waals surface area (Å²) < 4.78 is 0. The van der Waals surface area contributed by atoms with Gasteiger partial charge in [0, 0.05) is 30.6 Å². The van der Waals surface area contributed by atoms with Crippen LogP contribution in [0.5, 0.6) is 0 Å². The molecule has 1 aliphatic rings. The highest BCUT2D eigenvalue weighted by Crippen LogP contribution is 2.27. The molecule has 2 aromatic rings. The lowest BCUT2D eigenvalue weighted by molar-refractivity contribution is 0.163. The molecule has 6 heteroatoms. The Morgan fingerprint density at radius 2 is 2.05 bits per heavy atom. The SMILES string of the molecule is OCCN1CCC(c2cccc(Nc3cnccn3)n2)CC1. The zero-order valence-corrected chi connectivity index (χ0v) is 12.5. The fourth-order valence-electron chi connectivity index (χ4n) is 2.84. The first-order chi connectivity index (χ1) is 10.8. The molecule has 6 nitrogen and oxygen atoms in total. The fraction of sp³-hybridized carbons (Fsp3) is 0.438. The van der Waals surface area contributed by atoms with Crippen LogP contribution in [-0.4, -0.2) is 51.2 Å². The molecule has 0 atom stereocenters. The molecule has 0 aliphatic carbocycles. The quantitative estimate of drug-likeness (QED) is 0.877. The maximum absolute atomic E-state index is 9.00. The van der Waals surface area contributed by atoms with Gasteiger partial charge in [-0.05, 0) is 38.1 Å². The van der Waals surface area contributed by atoms with Gasteiger partial charge in [0.2, 0.25) is 0 Å². The number of aliphatic hydroxyl groups excluding tert-OH is 1. The van der Waals surface area contributed by atoms with Crippen molar-refractivity contribution in [2.75, 3.05) is 31.6 Å². The Morgan fingerprint density at radius 3 is 2.77 bits per heavy atom. The highest BCUT2D eigenvalue weighted by Gasteiger charge is 2.21. The molecule has 0 unspecified atom stereocenters. The van der Waals surface area contributed by atoms with E-state index >= 15 is 0 Å². The first-order valence-corrected chi connectivity index (χ1v) is 7.68. The Kier molecular flexibility index (Phi) is 4.92. The van der Waals surface area contributed by atoms with Gasteiger partial charge in [-0.1, -0.05) is 6.07 Å². The standard InChI is InChI=1S/C16H21N5O/c22-11-10-21-8-4-13(5-9-21)14-2-1-3-15(19-14)20-16-12-17-6-7-18-16/h1-3,6-7,12-13,22H,4-5,8-11H2,(H,18,19,20). The number of β-amino-alcohol motifs (C(OH)–C–C–N with tert-alkyl or cyclic N) is 1. The Morgan fingerprint density at radius 1 is 1.18 bits per heavy atom. The monoisotopic (exact) mass is 299 g/mol. The zero-order valence-electron chi connectivity index (χ0n) is 12.5. The molecular weight excluding hydrogens is 278 g/mol. The van der Waals surface area contributed by atoms with Crippen LogP contribution in [-0.2, 0) is 0 Å². The van der Waals surface area contributed by atoms with Gasteiger partial charge in [0.15, 0.2) is 0 Å². The predicted molar refractivity (Wildman–Crippen MR) is 85.1 cm³/mol. The molecule has 0 radical (unpaired) electrons. The minimum Gasteiger partial charge on any atom is -0.395 e. The highest BCUT2D eigenvalue weighted by atomic mass is 16.3. The lowest BCUT2D eigenvalue weighted by atomic mass is 9.93. The second kappa shape index (κ2) is 7.29. The molecule has 2 aromatic heterocycles. The summed E-state index contributed by atoms with van der Waals surface area (Å²) in [6.45, 7) is 3.05. The molecule has 0 amide bonds. The number of anilines is 2. The molecule has 3 heterocycles. The van der Waals surface area contributed by atoms with Crippen LogP contribution in [0, 0.1) is 0 Å². The predicted octanol–water partition coefficient (Wildman–Crippen LogP) is 1.79. The average Bonchev–Trinajstić information content (AvgIpc) is 2.57. The number of hydrogen-bond donors (Lipinski definition) is 2. The third-order valence-corrected chi connectivity index (χ3v) is 4.01. The summed E-state index contributed by atoms with van der Waals surface area (Å²) in [6.07, 6.45) is 7.16. The second-order valence-electron chi connectivity index (χ2n) is 5.50. The summed E-state index contributed by atoms with van der Waals surface area (Å²) in [6, 6.07) is 6.06. The molecule has 0 spiro atoms. The number of nitrogens with one attached hydrogen (secondary N) is 1. The summed E-state index contributed by atoms with van der Waals surface area (Å²) >= 11 is 0. The van der Waals surface area contributed by atoms with Crippen LogP contribution < -0.4 is 5.32 Å². The number of aliphatic hydroxyl groups is 1. The summed E-state index contributed by atoms with van der Waals surface area (Å²) in [5.74, 6) is 1.99. The first-order valence-electron chi connectivity index (χ1n) is 7.68. The maximum Gasteiger partial charge on any atom is 0.150 e. The van der Waals surface area contributed by atoms with E-state index in [1.807, 2.05) is 12.1 Å². The first kappa shape index (κ1) is 14.9. The van der Waals surface area contributed by atoms with Crippen molar-refractivity contribution in [1.29, 1.82) is 0 Å². The second-order valence-corrected chi connectivity index (χ2v) is 5.50. The Bertz CT molecular complexity index is 584. The summed E-state index contributed by atoms with van der Waals surface area (Å²) in [7, 11) is 0. The zero-order chi connectivity index (χ0) is 15.2. The van der Waals surface area contributed by atoms with E-state index in [9.17, 15) is 0 Å². The largest absolute Gasteiger partial charge is 0.395 e. The fourth-order valence-corrected chi connectivity index (χ4v) is 2.84. The van der Waals surface area contributed by atoms with Crippen LogP contribution in [0.2, 0.25) is 0 Å². The van der Waals surface area contributed by atoms with Crippen molar-refractivity contribution in [3.8, 4) is 0 Å². The van der Waals surface area contributed by atoms with Crippen LogP contribution in [0.4, 0.5) is 11.6 Å². The normalized spacial score (nSPS) is 16.6. The molecule has 3 rings (SSSR count). The van der Waals surface area contributed by atoms with E-state index in [-0.39, 0.29) is 6.61 Å². The number of rotatable bonds is 5. The number of piperidine rings is 1. The van der Waals surface area contributed by atoms with Gasteiger partial charge in [-0.2, -0.15) is 0 Å². The number of hydrogen-bond acceptors (Lipinski definition) is 6. The minimum absolute atomic E-state index is 0.237. The van der Waals surface area contributed by atoms with Crippen LogP contribution in [0.1, 0.15) is 24.5 Å². The third-order valence-electron chi connectivity index (χ3n) is 4.01. The van der Waals surface area contributed by atoms with Gasteiger partial charge in [0.05, 0.1) is 12.8 Å². The molecular formula is C16H21N5O. The van der Waals surface area contributed by atoms with E-state index in [1.54, 1.807) is 18.6 Å². The van der Waals surface area contributed by atoms with Crippen molar-refractivity contribution >= 4 is 11.6 Å². The number of likely N-dealkylation sites (tertiary alicyclic amines) is 1. The number of pyridine rings is 1. The van der Waals surface area contributed by atoms with E-state index < -0.39 is 0 Å². The van der Waals surface area contributed by atoms with Crippen LogP contribution in [0.3, 0.4) is 0 Å².